The van der Waals surface area contributed by atoms with Crippen molar-refractivity contribution in [2.24, 2.45) is 0 Å². The van der Waals surface area contributed by atoms with Crippen LogP contribution < -0.4 is 10.5 Å². The number of aromatic amines is 1. The molecule has 122 valence electrons. The molecule has 1 fully saturated rings. The van der Waals surface area contributed by atoms with Gasteiger partial charge in [-0.1, -0.05) is 24.3 Å². The molecule has 0 aliphatic carbocycles. The van der Waals surface area contributed by atoms with E-state index in [1.165, 1.54) is 30.5 Å². The molecule has 4 heteroatoms. The van der Waals surface area contributed by atoms with E-state index in [2.05, 4.69) is 40.2 Å². The second-order valence-electron chi connectivity index (χ2n) is 6.50. The number of aromatic nitrogens is 2. The van der Waals surface area contributed by atoms with Crippen LogP contribution in [-0.2, 0) is 0 Å². The van der Waals surface area contributed by atoms with Crippen LogP contribution in [0.15, 0.2) is 47.3 Å². The highest BCUT2D eigenvalue weighted by Gasteiger charge is 2.15. The number of hydrogen-bond donors (Lipinski definition) is 1. The molecule has 0 radical (unpaired) electrons. The second kappa shape index (κ2) is 6.11. The summed E-state index contributed by atoms with van der Waals surface area (Å²) >= 11 is 0. The predicted molar refractivity (Wildman–Crippen MR) is 98.6 cm³/mol. The molecule has 24 heavy (non-hydrogen) atoms. The van der Waals surface area contributed by atoms with Gasteiger partial charge in [-0.25, -0.2) is 5.10 Å². The summed E-state index contributed by atoms with van der Waals surface area (Å²) in [7, 11) is 0. The molecular formula is C20H21N3O. The van der Waals surface area contributed by atoms with Crippen LogP contribution in [0.5, 0.6) is 0 Å². The molecule has 1 saturated heterocycles. The summed E-state index contributed by atoms with van der Waals surface area (Å²) in [5, 5.41) is 8.51. The number of H-pyrrole nitrogens is 1. The third kappa shape index (κ3) is 2.58. The number of fused-ring (bicyclic) bond motifs is 1. The molecule has 4 nitrogen and oxygen atoms in total. The fourth-order valence-corrected chi connectivity index (χ4v) is 3.63. The van der Waals surface area contributed by atoms with Gasteiger partial charge in [-0.05, 0) is 49.9 Å². The predicted octanol–water partition coefficient (Wildman–Crippen LogP) is 3.89. The maximum atomic E-state index is 12.0. The van der Waals surface area contributed by atoms with Gasteiger partial charge in [0.15, 0.2) is 0 Å². The zero-order chi connectivity index (χ0) is 16.5. The van der Waals surface area contributed by atoms with Gasteiger partial charge in [-0.2, -0.15) is 5.10 Å². The van der Waals surface area contributed by atoms with Crippen LogP contribution in [0.1, 0.15) is 24.8 Å². The van der Waals surface area contributed by atoms with Crippen molar-refractivity contribution in [3.63, 3.8) is 0 Å². The summed E-state index contributed by atoms with van der Waals surface area (Å²) in [6.07, 6.45) is 3.88. The van der Waals surface area contributed by atoms with Gasteiger partial charge in [0, 0.05) is 29.7 Å². The molecule has 4 rings (SSSR count). The number of rotatable bonds is 2. The topological polar surface area (TPSA) is 49.0 Å². The molecule has 1 N–H and O–H groups in total. The Kier molecular flexibility index (Phi) is 3.81. The Morgan fingerprint density at radius 2 is 1.75 bits per heavy atom. The summed E-state index contributed by atoms with van der Waals surface area (Å²) in [4.78, 5) is 14.4. The largest absolute Gasteiger partial charge is 0.371 e. The lowest BCUT2D eigenvalue weighted by Crippen LogP contribution is -2.29. The lowest BCUT2D eigenvalue weighted by atomic mass is 10.0. The fourth-order valence-electron chi connectivity index (χ4n) is 3.63. The van der Waals surface area contributed by atoms with E-state index in [9.17, 15) is 4.79 Å². The number of nitrogens with one attached hydrogen (secondary N) is 1. The molecule has 1 aromatic heterocycles. The van der Waals surface area contributed by atoms with Crippen LogP contribution in [0.2, 0.25) is 0 Å². The number of piperidine rings is 1. The number of benzene rings is 2. The Bertz CT molecular complexity index is 939. The SMILES string of the molecule is Cc1cc(-c2n[nH]c(=O)c3ccccc23)ccc1N1CCCCC1. The molecular weight excluding hydrogens is 298 g/mol. The number of hydrogen-bond acceptors (Lipinski definition) is 3. The average Bonchev–Trinajstić information content (AvgIpc) is 2.63. The first kappa shape index (κ1) is 14.9. The Morgan fingerprint density at radius 1 is 1.00 bits per heavy atom. The Hall–Kier alpha value is -2.62. The standard InChI is InChI=1S/C20H21N3O/c1-14-13-15(9-10-18(14)23-11-5-2-6-12-23)19-16-7-3-4-8-17(16)20(24)22-21-19/h3-4,7-10,13H,2,5-6,11-12H2,1H3,(H,22,24). The lowest BCUT2D eigenvalue weighted by Gasteiger charge is -2.30. The van der Waals surface area contributed by atoms with Crippen LogP contribution in [0.3, 0.4) is 0 Å². The first-order valence-corrected chi connectivity index (χ1v) is 8.57. The van der Waals surface area contributed by atoms with Crippen LogP contribution in [0.4, 0.5) is 5.69 Å². The van der Waals surface area contributed by atoms with Crippen molar-refractivity contribution < 1.29 is 0 Å². The molecule has 2 heterocycles. The minimum Gasteiger partial charge on any atom is -0.371 e. The third-order valence-electron chi connectivity index (χ3n) is 4.86. The Morgan fingerprint density at radius 3 is 2.50 bits per heavy atom. The highest BCUT2D eigenvalue weighted by molar-refractivity contribution is 5.94. The molecule has 0 amide bonds. The zero-order valence-corrected chi connectivity index (χ0v) is 13.9. The van der Waals surface area contributed by atoms with Crippen LogP contribution in [0, 0.1) is 6.92 Å². The highest BCUT2D eigenvalue weighted by Crippen LogP contribution is 2.30. The van der Waals surface area contributed by atoms with Gasteiger partial charge < -0.3 is 4.90 Å². The van der Waals surface area contributed by atoms with Crippen molar-refractivity contribution in [1.29, 1.82) is 0 Å². The van der Waals surface area contributed by atoms with E-state index < -0.39 is 0 Å². The van der Waals surface area contributed by atoms with E-state index in [4.69, 9.17) is 0 Å². The maximum absolute atomic E-state index is 12.0. The van der Waals surface area contributed by atoms with Crippen LogP contribution in [0.25, 0.3) is 22.0 Å². The van der Waals surface area contributed by atoms with Crippen LogP contribution >= 0.6 is 0 Å². The van der Waals surface area contributed by atoms with Crippen molar-refractivity contribution in [3.8, 4) is 11.3 Å². The third-order valence-corrected chi connectivity index (χ3v) is 4.86. The molecule has 0 spiro atoms. The van der Waals surface area contributed by atoms with Crippen molar-refractivity contribution >= 4 is 16.5 Å². The Labute approximate surface area is 141 Å². The number of anilines is 1. The monoisotopic (exact) mass is 319 g/mol. The van der Waals surface area contributed by atoms with Crippen molar-refractivity contribution in [1.82, 2.24) is 10.2 Å². The molecule has 0 unspecified atom stereocenters. The van der Waals surface area contributed by atoms with Gasteiger partial charge >= 0.3 is 0 Å². The molecule has 1 aliphatic rings. The van der Waals surface area contributed by atoms with E-state index in [-0.39, 0.29) is 5.56 Å². The van der Waals surface area contributed by atoms with E-state index in [1.54, 1.807) is 0 Å². The summed E-state index contributed by atoms with van der Waals surface area (Å²) in [5.74, 6) is 0. The average molecular weight is 319 g/mol. The quantitative estimate of drug-likeness (QED) is 0.779. The van der Waals surface area contributed by atoms with Crippen molar-refractivity contribution in [2.75, 3.05) is 18.0 Å². The van der Waals surface area contributed by atoms with Gasteiger partial charge in [0.05, 0.1) is 11.1 Å². The molecule has 0 atom stereocenters. The van der Waals surface area contributed by atoms with Gasteiger partial charge in [0.1, 0.15) is 0 Å². The molecule has 1 aliphatic heterocycles. The van der Waals surface area contributed by atoms with E-state index >= 15 is 0 Å². The number of nitrogens with zero attached hydrogens (tertiary/aromatic N) is 2. The highest BCUT2D eigenvalue weighted by atomic mass is 16.1. The summed E-state index contributed by atoms with van der Waals surface area (Å²) in [6, 6.07) is 14.1. The summed E-state index contributed by atoms with van der Waals surface area (Å²) in [6.45, 7) is 4.43. The smallest absolute Gasteiger partial charge is 0.272 e. The van der Waals surface area contributed by atoms with Crippen molar-refractivity contribution in [3.05, 3.63) is 58.4 Å². The van der Waals surface area contributed by atoms with Crippen molar-refractivity contribution in [2.45, 2.75) is 26.2 Å². The van der Waals surface area contributed by atoms with Crippen LogP contribution in [-0.4, -0.2) is 23.3 Å². The first-order chi connectivity index (χ1) is 11.7. The fraction of sp³-hybridized carbons (Fsp3) is 0.300. The Balaban J connectivity index is 1.79. The zero-order valence-electron chi connectivity index (χ0n) is 13.9. The maximum Gasteiger partial charge on any atom is 0.272 e. The lowest BCUT2D eigenvalue weighted by molar-refractivity contribution is 0.577. The van der Waals surface area contributed by atoms with Gasteiger partial charge in [-0.15, -0.1) is 0 Å². The number of aryl methyl sites for hydroxylation is 1. The summed E-state index contributed by atoms with van der Waals surface area (Å²) < 4.78 is 0. The van der Waals surface area contributed by atoms with E-state index in [0.29, 0.717) is 5.39 Å². The minimum atomic E-state index is -0.143. The van der Waals surface area contributed by atoms with Gasteiger partial charge in [0.2, 0.25) is 0 Å². The molecule has 0 bridgehead atoms. The van der Waals surface area contributed by atoms with E-state index in [0.717, 1.165) is 29.7 Å². The first-order valence-electron chi connectivity index (χ1n) is 8.57. The van der Waals surface area contributed by atoms with E-state index in [1.807, 2.05) is 24.3 Å². The van der Waals surface area contributed by atoms with Gasteiger partial charge in [0.25, 0.3) is 5.56 Å². The molecule has 3 aromatic rings. The molecule has 0 saturated carbocycles. The summed E-state index contributed by atoms with van der Waals surface area (Å²) in [5.41, 5.74) is 4.30. The second-order valence-corrected chi connectivity index (χ2v) is 6.50. The molecule has 2 aromatic carbocycles. The minimum absolute atomic E-state index is 0.143. The normalized spacial score (nSPS) is 15.0. The van der Waals surface area contributed by atoms with Gasteiger partial charge in [-0.3, -0.25) is 4.79 Å².